The van der Waals surface area contributed by atoms with E-state index in [9.17, 15) is 14.0 Å². The van der Waals surface area contributed by atoms with Crippen LogP contribution in [0.2, 0.25) is 0 Å². The lowest BCUT2D eigenvalue weighted by Crippen LogP contribution is -2.42. The Kier molecular flexibility index (Phi) is 8.68. The third kappa shape index (κ3) is 5.97. The minimum Gasteiger partial charge on any atom is -0.332 e. The third-order valence-corrected chi connectivity index (χ3v) is 7.62. The van der Waals surface area contributed by atoms with Crippen molar-refractivity contribution < 1.29 is 9.18 Å². The van der Waals surface area contributed by atoms with Crippen LogP contribution in [0, 0.1) is 5.82 Å². The van der Waals surface area contributed by atoms with Gasteiger partial charge in [-0.25, -0.2) is 9.37 Å². The Bertz CT molecular complexity index is 1670. The van der Waals surface area contributed by atoms with E-state index >= 15 is 0 Å². The van der Waals surface area contributed by atoms with Crippen LogP contribution in [0.1, 0.15) is 55.6 Å². The number of para-hydroxylation sites is 1. The van der Waals surface area contributed by atoms with E-state index in [0.717, 1.165) is 11.1 Å². The third-order valence-electron chi connectivity index (χ3n) is 7.62. The van der Waals surface area contributed by atoms with Crippen molar-refractivity contribution in [2.75, 3.05) is 6.54 Å². The number of carbonyl (C=O) groups is 1. The van der Waals surface area contributed by atoms with Gasteiger partial charge in [0.2, 0.25) is 5.91 Å². The van der Waals surface area contributed by atoms with E-state index in [1.807, 2.05) is 79.4 Å². The van der Waals surface area contributed by atoms with Crippen LogP contribution in [-0.4, -0.2) is 26.9 Å². The fraction of sp³-hybridized carbons (Fsp3) is 0.229. The summed E-state index contributed by atoms with van der Waals surface area (Å²) in [6, 6.07) is 32.5. The number of hydrogen-bond acceptors (Lipinski definition) is 3. The molecule has 0 radical (unpaired) electrons. The van der Waals surface area contributed by atoms with E-state index in [1.54, 1.807) is 28.8 Å². The molecule has 0 saturated heterocycles. The Labute approximate surface area is 239 Å². The molecule has 0 spiro atoms. The van der Waals surface area contributed by atoms with Crippen molar-refractivity contribution in [2.45, 2.75) is 45.1 Å². The molecule has 0 aliphatic rings. The summed E-state index contributed by atoms with van der Waals surface area (Å²) < 4.78 is 15.5. The van der Waals surface area contributed by atoms with E-state index in [1.165, 1.54) is 12.1 Å². The van der Waals surface area contributed by atoms with Gasteiger partial charge in [0.05, 0.1) is 28.6 Å². The fourth-order valence-corrected chi connectivity index (χ4v) is 5.51. The number of benzene rings is 4. The minimum atomic E-state index is -0.494. The van der Waals surface area contributed by atoms with E-state index in [-0.39, 0.29) is 17.4 Å². The fourth-order valence-electron chi connectivity index (χ4n) is 5.51. The van der Waals surface area contributed by atoms with E-state index in [4.69, 9.17) is 4.98 Å². The van der Waals surface area contributed by atoms with Crippen molar-refractivity contribution in [3.05, 3.63) is 142 Å². The van der Waals surface area contributed by atoms with Gasteiger partial charge in [-0.05, 0) is 66.8 Å². The number of nitrogens with zero attached hydrogens (tertiary/aromatic N) is 3. The predicted molar refractivity (Wildman–Crippen MR) is 162 cm³/mol. The van der Waals surface area contributed by atoms with Crippen LogP contribution in [0.25, 0.3) is 16.6 Å². The van der Waals surface area contributed by atoms with Gasteiger partial charge in [0, 0.05) is 6.54 Å². The zero-order chi connectivity index (χ0) is 28.8. The van der Waals surface area contributed by atoms with Crippen LogP contribution in [0.4, 0.5) is 4.39 Å². The van der Waals surface area contributed by atoms with Crippen molar-refractivity contribution >= 4 is 16.8 Å². The van der Waals surface area contributed by atoms with Gasteiger partial charge in [0.25, 0.3) is 5.56 Å². The summed E-state index contributed by atoms with van der Waals surface area (Å²) in [5, 5.41) is 0.466. The van der Waals surface area contributed by atoms with Gasteiger partial charge in [-0.3, -0.25) is 14.2 Å². The first-order valence-electron chi connectivity index (χ1n) is 14.2. The Balaban J connectivity index is 1.67. The van der Waals surface area contributed by atoms with Crippen LogP contribution in [0.15, 0.2) is 114 Å². The molecule has 1 heterocycles. The quantitative estimate of drug-likeness (QED) is 0.185. The molecule has 0 saturated carbocycles. The average Bonchev–Trinajstić information content (AvgIpc) is 3.01. The van der Waals surface area contributed by atoms with Crippen LogP contribution >= 0.6 is 0 Å². The molecule has 41 heavy (non-hydrogen) atoms. The molecule has 0 fully saturated rings. The van der Waals surface area contributed by atoms with Gasteiger partial charge < -0.3 is 4.90 Å². The maximum Gasteiger partial charge on any atom is 0.266 e. The van der Waals surface area contributed by atoms with Gasteiger partial charge >= 0.3 is 0 Å². The number of hydrogen-bond donors (Lipinski definition) is 0. The highest BCUT2D eigenvalue weighted by atomic mass is 19.1. The molecule has 1 amide bonds. The number of aromatic nitrogens is 2. The van der Waals surface area contributed by atoms with Crippen LogP contribution in [0.3, 0.4) is 0 Å². The number of amides is 1. The normalized spacial score (nSPS) is 12.7. The highest BCUT2D eigenvalue weighted by Gasteiger charge is 2.33. The smallest absolute Gasteiger partial charge is 0.266 e. The highest BCUT2D eigenvalue weighted by Crippen LogP contribution is 2.31. The topological polar surface area (TPSA) is 55.2 Å². The molecular formula is C35H34FN3O2. The molecule has 5 aromatic rings. The van der Waals surface area contributed by atoms with Crippen LogP contribution in [-0.2, 0) is 11.2 Å². The minimum absolute atomic E-state index is 0.00505. The van der Waals surface area contributed by atoms with E-state index < -0.39 is 11.9 Å². The molecule has 0 aliphatic heterocycles. The Hall–Kier alpha value is -4.58. The van der Waals surface area contributed by atoms with Gasteiger partial charge in [-0.1, -0.05) is 86.6 Å². The molecule has 0 bridgehead atoms. The van der Waals surface area contributed by atoms with Crippen molar-refractivity contribution in [1.82, 2.24) is 14.5 Å². The number of rotatable bonds is 10. The van der Waals surface area contributed by atoms with Crippen molar-refractivity contribution in [1.29, 1.82) is 0 Å². The lowest BCUT2D eigenvalue weighted by atomic mass is 9.93. The van der Waals surface area contributed by atoms with Crippen molar-refractivity contribution in [3.8, 4) is 5.69 Å². The first kappa shape index (κ1) is 28.0. The zero-order valence-corrected chi connectivity index (χ0v) is 23.4. The number of carbonyl (C=O) groups excluding carboxylic acids is 1. The standard InChI is InChI=1S/C35H34FN3O2/c1-3-29(26-15-9-6-10-16-26)34(40)38(24-23-25-13-7-5-8-14-25)32(4-2)33-37-31-18-12-11-17-30(31)35(41)39(33)28-21-19-27(36)20-22-28/h5-22,29,32H,3-4,23-24H2,1-2H3. The molecule has 2 unspecified atom stereocenters. The summed E-state index contributed by atoms with van der Waals surface area (Å²) in [5.41, 5.74) is 2.90. The molecular weight excluding hydrogens is 513 g/mol. The van der Waals surface area contributed by atoms with Gasteiger partial charge in [0.1, 0.15) is 11.6 Å². The zero-order valence-electron chi connectivity index (χ0n) is 23.4. The molecule has 5 rings (SSSR count). The summed E-state index contributed by atoms with van der Waals surface area (Å²) in [5.74, 6) is -0.272. The summed E-state index contributed by atoms with van der Waals surface area (Å²) >= 11 is 0. The lowest BCUT2D eigenvalue weighted by molar-refractivity contribution is -0.135. The lowest BCUT2D eigenvalue weighted by Gasteiger charge is -2.35. The van der Waals surface area contributed by atoms with Crippen LogP contribution < -0.4 is 5.56 Å². The molecule has 1 aromatic heterocycles. The largest absolute Gasteiger partial charge is 0.332 e. The molecule has 0 N–H and O–H groups in total. The van der Waals surface area contributed by atoms with E-state index in [0.29, 0.717) is 48.2 Å². The Morgan fingerprint density at radius 2 is 1.46 bits per heavy atom. The summed E-state index contributed by atoms with van der Waals surface area (Å²) in [6.45, 7) is 4.48. The number of fused-ring (bicyclic) bond motifs is 1. The monoisotopic (exact) mass is 547 g/mol. The second-order valence-corrected chi connectivity index (χ2v) is 10.2. The Morgan fingerprint density at radius 3 is 2.12 bits per heavy atom. The average molecular weight is 548 g/mol. The molecule has 5 nitrogen and oxygen atoms in total. The first-order valence-corrected chi connectivity index (χ1v) is 14.2. The molecule has 0 aliphatic carbocycles. The molecule has 208 valence electrons. The first-order chi connectivity index (χ1) is 20.0. The highest BCUT2D eigenvalue weighted by molar-refractivity contribution is 5.84. The second kappa shape index (κ2) is 12.7. The van der Waals surface area contributed by atoms with Crippen LogP contribution in [0.5, 0.6) is 0 Å². The summed E-state index contributed by atoms with van der Waals surface area (Å²) in [7, 11) is 0. The van der Waals surface area contributed by atoms with Crippen molar-refractivity contribution in [2.24, 2.45) is 0 Å². The molecule has 4 aromatic carbocycles. The SMILES string of the molecule is CCC(C(=O)N(CCc1ccccc1)C(CC)c1nc2ccccc2c(=O)n1-c1ccc(F)cc1)c1ccccc1. The van der Waals surface area contributed by atoms with Gasteiger partial charge in [-0.2, -0.15) is 0 Å². The Morgan fingerprint density at radius 1 is 0.829 bits per heavy atom. The molecule has 2 atom stereocenters. The summed E-state index contributed by atoms with van der Waals surface area (Å²) in [6.07, 6.45) is 1.83. The van der Waals surface area contributed by atoms with E-state index in [2.05, 4.69) is 12.1 Å². The van der Waals surface area contributed by atoms with Gasteiger partial charge in [-0.15, -0.1) is 0 Å². The van der Waals surface area contributed by atoms with Crippen molar-refractivity contribution in [3.63, 3.8) is 0 Å². The maximum atomic E-state index is 14.5. The predicted octanol–water partition coefficient (Wildman–Crippen LogP) is 7.24. The van der Waals surface area contributed by atoms with Gasteiger partial charge in [0.15, 0.2) is 0 Å². The maximum absolute atomic E-state index is 14.5. The second-order valence-electron chi connectivity index (χ2n) is 10.2. The summed E-state index contributed by atoms with van der Waals surface area (Å²) in [4.78, 5) is 35.3. The molecule has 6 heteroatoms. The number of halogens is 1.